The van der Waals surface area contributed by atoms with Gasteiger partial charge >= 0.3 is 10.4 Å². The number of ether oxygens (including phenoxy) is 2. The summed E-state index contributed by atoms with van der Waals surface area (Å²) in [5.74, 6) is -0.257. The molecule has 7 atom stereocenters. The Morgan fingerprint density at radius 2 is 0.807 bits per heavy atom. The minimum Gasteiger partial charge on any atom is -0.394 e. The quantitative estimate of drug-likeness (QED) is 0.0193. The van der Waals surface area contributed by atoms with Gasteiger partial charge in [0.15, 0.2) is 6.29 Å². The zero-order chi connectivity index (χ0) is 60.4. The molecule has 1 aliphatic heterocycles. The highest BCUT2D eigenvalue weighted by atomic mass is 32.3. The molecule has 0 aromatic heterocycles. The predicted octanol–water partition coefficient (Wildman–Crippen LogP) is 18.5. The average molecular weight is 1200 g/mol. The number of carbonyl (C=O) groups is 1. The molecule has 0 spiro atoms. The lowest BCUT2D eigenvalue weighted by Gasteiger charge is -2.41. The highest BCUT2D eigenvalue weighted by Gasteiger charge is 2.48. The van der Waals surface area contributed by atoms with Crippen LogP contribution in [0.3, 0.4) is 0 Å². The van der Waals surface area contributed by atoms with Crippen molar-refractivity contribution in [3.8, 4) is 0 Å². The summed E-state index contributed by atoms with van der Waals surface area (Å²) >= 11 is 0. The lowest BCUT2D eigenvalue weighted by Crippen LogP contribution is -2.61. The van der Waals surface area contributed by atoms with Crippen molar-refractivity contribution in [2.24, 2.45) is 0 Å². The van der Waals surface area contributed by atoms with Gasteiger partial charge in [-0.25, -0.2) is 4.18 Å². The molecular formula is C70H133NO11S. The first-order valence-electron chi connectivity index (χ1n) is 35.4. The highest BCUT2D eigenvalue weighted by Crippen LogP contribution is 2.26. The van der Waals surface area contributed by atoms with Crippen molar-refractivity contribution in [2.75, 3.05) is 13.2 Å². The number of aliphatic hydroxyl groups is 4. The van der Waals surface area contributed by atoms with E-state index in [1.807, 2.05) is 6.08 Å². The third-order valence-electron chi connectivity index (χ3n) is 16.9. The van der Waals surface area contributed by atoms with Crippen LogP contribution in [0.5, 0.6) is 0 Å². The summed E-state index contributed by atoms with van der Waals surface area (Å²) < 4.78 is 48.0. The molecule has 6 N–H and O–H groups in total. The van der Waals surface area contributed by atoms with Crippen LogP contribution in [0.2, 0.25) is 0 Å². The highest BCUT2D eigenvalue weighted by molar-refractivity contribution is 7.80. The zero-order valence-electron chi connectivity index (χ0n) is 53.8. The number of carbonyl (C=O) groups excluding carboxylic acids is 1. The number of hydrogen-bond donors (Lipinski definition) is 6. The fourth-order valence-corrected chi connectivity index (χ4v) is 12.0. The van der Waals surface area contributed by atoms with Crippen LogP contribution in [0.25, 0.3) is 0 Å². The van der Waals surface area contributed by atoms with Crippen LogP contribution in [-0.4, -0.2) is 95.4 Å². The third-order valence-corrected chi connectivity index (χ3v) is 17.4. The van der Waals surface area contributed by atoms with Crippen LogP contribution in [0.15, 0.2) is 36.5 Å². The second-order valence-corrected chi connectivity index (χ2v) is 25.9. The van der Waals surface area contributed by atoms with E-state index in [9.17, 15) is 38.2 Å². The molecule has 0 saturated carbocycles. The van der Waals surface area contributed by atoms with Gasteiger partial charge in [0, 0.05) is 6.42 Å². The Morgan fingerprint density at radius 1 is 0.482 bits per heavy atom. The maximum atomic E-state index is 13.2. The minimum absolute atomic E-state index is 0.257. The molecule has 1 aliphatic rings. The van der Waals surface area contributed by atoms with Crippen LogP contribution in [0.4, 0.5) is 0 Å². The van der Waals surface area contributed by atoms with E-state index in [2.05, 4.69) is 47.7 Å². The number of unbranched alkanes of at least 4 members (excludes halogenated alkanes) is 47. The number of rotatable bonds is 63. The van der Waals surface area contributed by atoms with Crippen LogP contribution in [0, 0.1) is 0 Å². The molecule has 490 valence electrons. The first-order chi connectivity index (χ1) is 40.5. The number of nitrogens with one attached hydrogen (secondary N) is 1. The Balaban J connectivity index is 2.16. The van der Waals surface area contributed by atoms with Gasteiger partial charge in [0.1, 0.15) is 24.4 Å². The summed E-state index contributed by atoms with van der Waals surface area (Å²) in [6.45, 7) is 3.45. The predicted molar refractivity (Wildman–Crippen MR) is 347 cm³/mol. The summed E-state index contributed by atoms with van der Waals surface area (Å²) in [5, 5.41) is 45.1. The van der Waals surface area contributed by atoms with E-state index in [4.69, 9.17) is 9.47 Å². The van der Waals surface area contributed by atoms with E-state index in [0.29, 0.717) is 6.42 Å². The summed E-state index contributed by atoms with van der Waals surface area (Å²) in [6.07, 6.45) is 69.5. The summed E-state index contributed by atoms with van der Waals surface area (Å²) in [4.78, 5) is 13.2. The number of hydrogen-bond acceptors (Lipinski definition) is 10. The Morgan fingerprint density at radius 3 is 1.14 bits per heavy atom. The van der Waals surface area contributed by atoms with Crippen LogP contribution < -0.4 is 5.32 Å². The standard InChI is InChI=1S/C70H133NO11S/c1-3-5-7-9-11-13-15-17-19-21-22-23-24-25-26-27-28-29-30-31-32-33-34-35-36-37-38-39-40-41-42-44-46-48-50-52-54-56-58-60-66(74)71-63(62-80-70-68(76)69(82-83(77,78)79)67(75)65(61-72)81-70)64(73)59-57-55-53-51-49-47-45-43-20-18-16-14-12-10-8-6-4-2/h28-29,31-32,57,59,63-65,67-70,72-73,75-76H,3-27,30,33-56,58,60-62H2,1-2H3,(H,71,74)(H,77,78,79)/b29-28-,32-31-,59-57+. The van der Waals surface area contributed by atoms with E-state index in [0.717, 1.165) is 44.9 Å². The molecule has 13 heteroatoms. The van der Waals surface area contributed by atoms with Gasteiger partial charge in [-0.3, -0.25) is 9.35 Å². The summed E-state index contributed by atoms with van der Waals surface area (Å²) in [7, 11) is -5.09. The Bertz CT molecular complexity index is 1590. The van der Waals surface area contributed by atoms with Crippen molar-refractivity contribution < 1.29 is 51.8 Å². The smallest absolute Gasteiger partial charge is 0.394 e. The van der Waals surface area contributed by atoms with E-state index in [1.54, 1.807) is 6.08 Å². The van der Waals surface area contributed by atoms with E-state index < -0.39 is 59.9 Å². The number of amides is 1. The molecule has 0 bridgehead atoms. The first-order valence-corrected chi connectivity index (χ1v) is 36.7. The molecule has 1 fully saturated rings. The molecule has 0 radical (unpaired) electrons. The average Bonchev–Trinajstić information content (AvgIpc) is 3.59. The number of aliphatic hydroxyl groups excluding tert-OH is 4. The molecule has 1 rings (SSSR count). The topological polar surface area (TPSA) is 192 Å². The van der Waals surface area contributed by atoms with Crippen molar-refractivity contribution >= 4 is 16.3 Å². The molecule has 1 heterocycles. The number of allylic oxidation sites excluding steroid dienone is 5. The summed E-state index contributed by atoms with van der Waals surface area (Å²) in [6, 6.07) is -0.944. The van der Waals surface area contributed by atoms with E-state index >= 15 is 0 Å². The van der Waals surface area contributed by atoms with Crippen molar-refractivity contribution in [2.45, 2.75) is 391 Å². The van der Waals surface area contributed by atoms with Gasteiger partial charge in [-0.05, 0) is 51.4 Å². The van der Waals surface area contributed by atoms with Gasteiger partial charge in [-0.2, -0.15) is 8.42 Å². The normalized spacial score (nSPS) is 18.6. The Labute approximate surface area is 511 Å². The third kappa shape index (κ3) is 51.0. The fourth-order valence-electron chi connectivity index (χ4n) is 11.5. The van der Waals surface area contributed by atoms with Crippen LogP contribution >= 0.6 is 0 Å². The van der Waals surface area contributed by atoms with E-state index in [1.165, 1.54) is 276 Å². The fraction of sp³-hybridized carbons (Fsp3) is 0.900. The largest absolute Gasteiger partial charge is 0.397 e. The second kappa shape index (κ2) is 59.3. The SMILES string of the molecule is CCCCCCCCCCCCCCCCC/C=C\C/C=C\CCCCCCCCCCCCCCCCCCCC(=O)NC(COC1OC(CO)C(O)C(OS(=O)(=O)O)C1O)C(O)/C=C/CCCCCCCCCCCCCCCCC. The molecule has 7 unspecified atom stereocenters. The van der Waals surface area contributed by atoms with Crippen molar-refractivity contribution in [1.82, 2.24) is 5.32 Å². The Kier molecular flexibility index (Phi) is 56.7. The maximum absolute atomic E-state index is 13.2. The van der Waals surface area contributed by atoms with Gasteiger partial charge in [0.2, 0.25) is 5.91 Å². The van der Waals surface area contributed by atoms with E-state index in [-0.39, 0.29) is 18.9 Å². The first kappa shape index (κ1) is 79.3. The molecule has 12 nitrogen and oxygen atoms in total. The molecule has 0 aromatic carbocycles. The van der Waals surface area contributed by atoms with Crippen molar-refractivity contribution in [3.05, 3.63) is 36.5 Å². The zero-order valence-corrected chi connectivity index (χ0v) is 54.6. The van der Waals surface area contributed by atoms with Gasteiger partial charge in [-0.15, -0.1) is 0 Å². The van der Waals surface area contributed by atoms with Crippen molar-refractivity contribution in [1.29, 1.82) is 0 Å². The second-order valence-electron chi connectivity index (χ2n) is 24.8. The monoisotopic (exact) mass is 1200 g/mol. The van der Waals surface area contributed by atoms with Gasteiger partial charge in [0.25, 0.3) is 0 Å². The minimum atomic E-state index is -5.09. The summed E-state index contributed by atoms with van der Waals surface area (Å²) in [5.41, 5.74) is 0. The lowest BCUT2D eigenvalue weighted by atomic mass is 9.99. The molecule has 1 saturated heterocycles. The molecular weight excluding hydrogens is 1060 g/mol. The Hall–Kier alpha value is -1.68. The molecule has 83 heavy (non-hydrogen) atoms. The molecule has 0 aromatic rings. The van der Waals surface area contributed by atoms with Gasteiger partial charge in [0.05, 0.1) is 25.4 Å². The van der Waals surface area contributed by atoms with Crippen LogP contribution in [-0.2, 0) is 28.9 Å². The van der Waals surface area contributed by atoms with Crippen LogP contribution in [0.1, 0.15) is 348 Å². The molecule has 1 amide bonds. The van der Waals surface area contributed by atoms with Crippen molar-refractivity contribution in [3.63, 3.8) is 0 Å². The maximum Gasteiger partial charge on any atom is 0.397 e. The van der Waals surface area contributed by atoms with Gasteiger partial charge < -0.3 is 35.2 Å². The van der Waals surface area contributed by atoms with Gasteiger partial charge in [-0.1, -0.05) is 326 Å². The lowest BCUT2D eigenvalue weighted by molar-refractivity contribution is -0.298. The molecule has 0 aliphatic carbocycles.